The number of pyridine rings is 1. The maximum atomic E-state index is 13.5. The topological polar surface area (TPSA) is 129 Å². The van der Waals surface area contributed by atoms with E-state index in [-0.39, 0.29) is 29.1 Å². The van der Waals surface area contributed by atoms with Gasteiger partial charge in [-0.15, -0.1) is 0 Å². The minimum Gasteiger partial charge on any atom is -0.382 e. The third kappa shape index (κ3) is 5.26. The molecule has 1 amide bonds. The molecule has 1 heterocycles. The summed E-state index contributed by atoms with van der Waals surface area (Å²) in [5.41, 5.74) is 6.47. The maximum absolute atomic E-state index is 13.5. The number of fused-ring (bicyclic) bond motifs is 1. The highest BCUT2D eigenvalue weighted by molar-refractivity contribution is 7.89. The number of rotatable bonds is 8. The van der Waals surface area contributed by atoms with Gasteiger partial charge in [-0.25, -0.2) is 8.42 Å². The molecule has 0 radical (unpaired) electrons. The lowest BCUT2D eigenvalue weighted by Crippen LogP contribution is -2.50. The zero-order valence-electron chi connectivity index (χ0n) is 19.1. The van der Waals surface area contributed by atoms with Gasteiger partial charge in [0.1, 0.15) is 17.6 Å². The number of carbonyl (C=O) groups is 1. The van der Waals surface area contributed by atoms with Crippen LogP contribution in [0.3, 0.4) is 0 Å². The second kappa shape index (κ2) is 9.90. The van der Waals surface area contributed by atoms with E-state index in [9.17, 15) is 13.2 Å². The van der Waals surface area contributed by atoms with Gasteiger partial charge in [-0.2, -0.15) is 4.72 Å². The van der Waals surface area contributed by atoms with Gasteiger partial charge in [-0.3, -0.25) is 15.2 Å². The lowest BCUT2D eigenvalue weighted by molar-refractivity contribution is -0.133. The first kappa shape index (κ1) is 23.8. The molecule has 0 aliphatic heterocycles. The van der Waals surface area contributed by atoms with Crippen LogP contribution < -0.4 is 10.5 Å². The molecule has 4 N–H and O–H groups in total. The number of amidine groups is 1. The Morgan fingerprint density at radius 2 is 1.85 bits per heavy atom. The van der Waals surface area contributed by atoms with Gasteiger partial charge in [-0.05, 0) is 53.8 Å². The third-order valence-electron chi connectivity index (χ3n) is 6.39. The SMILES string of the molecule is CN(C(=O)C(Cc1ccc(C(=N)N)nc1)NS(=O)(=O)c1ccc2ccccc2c1)C1CCCC1. The molecule has 1 atom stereocenters. The second-order valence-corrected chi connectivity index (χ2v) is 10.5. The molecule has 0 bridgehead atoms. The first-order chi connectivity index (χ1) is 16.2. The van der Waals surface area contributed by atoms with Crippen LogP contribution in [0.1, 0.15) is 36.9 Å². The van der Waals surface area contributed by atoms with Crippen molar-refractivity contribution in [2.75, 3.05) is 7.05 Å². The Morgan fingerprint density at radius 1 is 1.15 bits per heavy atom. The van der Waals surface area contributed by atoms with Crippen LogP contribution in [0.25, 0.3) is 10.8 Å². The van der Waals surface area contributed by atoms with Gasteiger partial charge in [0.05, 0.1) is 4.90 Å². The van der Waals surface area contributed by atoms with Crippen LogP contribution in [0.2, 0.25) is 0 Å². The molecule has 1 aliphatic rings. The monoisotopic (exact) mass is 479 g/mol. The van der Waals surface area contributed by atoms with E-state index in [0.29, 0.717) is 11.3 Å². The molecular weight excluding hydrogens is 450 g/mol. The van der Waals surface area contributed by atoms with Gasteiger partial charge in [0.25, 0.3) is 0 Å². The molecule has 9 heteroatoms. The van der Waals surface area contributed by atoms with Crippen molar-refractivity contribution < 1.29 is 13.2 Å². The van der Waals surface area contributed by atoms with Crippen LogP contribution >= 0.6 is 0 Å². The van der Waals surface area contributed by atoms with Crippen LogP contribution in [-0.4, -0.2) is 49.2 Å². The van der Waals surface area contributed by atoms with Crippen molar-refractivity contribution in [1.29, 1.82) is 5.41 Å². The first-order valence-corrected chi connectivity index (χ1v) is 12.8. The van der Waals surface area contributed by atoms with E-state index in [1.807, 2.05) is 24.3 Å². The predicted molar refractivity (Wildman–Crippen MR) is 132 cm³/mol. The number of amides is 1. The third-order valence-corrected chi connectivity index (χ3v) is 7.86. The minimum absolute atomic E-state index is 0.109. The minimum atomic E-state index is -3.97. The lowest BCUT2D eigenvalue weighted by atomic mass is 10.1. The van der Waals surface area contributed by atoms with Gasteiger partial charge in [-0.1, -0.05) is 49.2 Å². The number of hydrogen-bond acceptors (Lipinski definition) is 5. The predicted octanol–water partition coefficient (Wildman–Crippen LogP) is 2.81. The van der Waals surface area contributed by atoms with Crippen molar-refractivity contribution >= 4 is 32.5 Å². The second-order valence-electron chi connectivity index (χ2n) is 8.74. The van der Waals surface area contributed by atoms with E-state index >= 15 is 0 Å². The summed E-state index contributed by atoms with van der Waals surface area (Å²) in [6.07, 6.45) is 5.62. The van der Waals surface area contributed by atoms with Crippen molar-refractivity contribution in [3.8, 4) is 0 Å². The summed E-state index contributed by atoms with van der Waals surface area (Å²) in [7, 11) is -2.22. The number of hydrogen-bond donors (Lipinski definition) is 3. The highest BCUT2D eigenvalue weighted by Crippen LogP contribution is 2.24. The van der Waals surface area contributed by atoms with Crippen molar-refractivity contribution in [3.63, 3.8) is 0 Å². The number of aromatic nitrogens is 1. The Morgan fingerprint density at radius 3 is 2.50 bits per heavy atom. The van der Waals surface area contributed by atoms with E-state index in [2.05, 4.69) is 9.71 Å². The molecule has 3 aromatic rings. The number of carbonyl (C=O) groups excluding carboxylic acids is 1. The molecule has 1 aromatic heterocycles. The van der Waals surface area contributed by atoms with Gasteiger partial charge < -0.3 is 10.6 Å². The molecule has 1 aliphatic carbocycles. The summed E-state index contributed by atoms with van der Waals surface area (Å²) in [5.74, 6) is -0.427. The van der Waals surface area contributed by atoms with Crippen LogP contribution in [-0.2, 0) is 21.2 Å². The Kier molecular flexibility index (Phi) is 6.95. The van der Waals surface area contributed by atoms with E-state index in [4.69, 9.17) is 11.1 Å². The molecule has 4 rings (SSSR count). The molecule has 8 nitrogen and oxygen atoms in total. The van der Waals surface area contributed by atoms with Gasteiger partial charge in [0.2, 0.25) is 15.9 Å². The number of likely N-dealkylation sites (N-methyl/N-ethyl adjacent to an activating group) is 1. The van der Waals surface area contributed by atoms with E-state index in [1.54, 1.807) is 42.3 Å². The average molecular weight is 480 g/mol. The standard InChI is InChI=1S/C25H29N5O3S/c1-30(20-8-4-5-9-20)25(31)23(14-17-10-13-22(24(26)27)28-16-17)29-34(32,33)21-12-11-18-6-2-3-7-19(18)15-21/h2-3,6-7,10-13,15-16,20,23,29H,4-5,8-9,14H2,1H3,(H3,26,27). The van der Waals surface area contributed by atoms with Crippen molar-refractivity contribution in [2.45, 2.75) is 49.1 Å². The fourth-order valence-electron chi connectivity index (χ4n) is 4.43. The Labute approximate surface area is 199 Å². The largest absolute Gasteiger partial charge is 0.382 e. The number of nitrogens with two attached hydrogens (primary N) is 1. The summed E-state index contributed by atoms with van der Waals surface area (Å²) in [4.78, 5) is 19.4. The number of nitrogen functional groups attached to an aromatic ring is 1. The summed E-state index contributed by atoms with van der Waals surface area (Å²) in [6.45, 7) is 0. The fraction of sp³-hybridized carbons (Fsp3) is 0.320. The van der Waals surface area contributed by atoms with Gasteiger partial charge in [0.15, 0.2) is 0 Å². The molecule has 178 valence electrons. The Balaban J connectivity index is 1.62. The number of nitrogens with zero attached hydrogens (tertiary/aromatic N) is 2. The van der Waals surface area contributed by atoms with Gasteiger partial charge >= 0.3 is 0 Å². The summed E-state index contributed by atoms with van der Waals surface area (Å²) in [6, 6.07) is 14.9. The number of nitrogens with one attached hydrogen (secondary N) is 2. The summed E-state index contributed by atoms with van der Waals surface area (Å²) >= 11 is 0. The molecule has 34 heavy (non-hydrogen) atoms. The lowest BCUT2D eigenvalue weighted by Gasteiger charge is -2.29. The normalized spacial score (nSPS) is 15.3. The van der Waals surface area contributed by atoms with Crippen LogP contribution in [0.4, 0.5) is 0 Å². The average Bonchev–Trinajstić information content (AvgIpc) is 3.37. The van der Waals surface area contributed by atoms with Crippen molar-refractivity contribution in [3.05, 3.63) is 72.1 Å². The van der Waals surface area contributed by atoms with Crippen LogP contribution in [0.5, 0.6) is 0 Å². The zero-order chi connectivity index (χ0) is 24.3. The maximum Gasteiger partial charge on any atom is 0.241 e. The fourth-order valence-corrected chi connectivity index (χ4v) is 5.65. The van der Waals surface area contributed by atoms with E-state index < -0.39 is 16.1 Å². The Hall–Kier alpha value is -3.30. The van der Waals surface area contributed by atoms with E-state index in [1.165, 1.54) is 6.20 Å². The number of benzene rings is 2. The number of sulfonamides is 1. The molecule has 1 unspecified atom stereocenters. The summed E-state index contributed by atoms with van der Waals surface area (Å²) < 4.78 is 29.3. The first-order valence-electron chi connectivity index (χ1n) is 11.3. The van der Waals surface area contributed by atoms with E-state index in [0.717, 1.165) is 36.5 Å². The van der Waals surface area contributed by atoms with Crippen LogP contribution in [0, 0.1) is 5.41 Å². The molecule has 0 spiro atoms. The van der Waals surface area contributed by atoms with Crippen LogP contribution in [0.15, 0.2) is 65.7 Å². The molecule has 2 aromatic carbocycles. The smallest absolute Gasteiger partial charge is 0.241 e. The molecule has 1 fully saturated rings. The van der Waals surface area contributed by atoms with Gasteiger partial charge in [0, 0.05) is 19.3 Å². The molecule has 1 saturated carbocycles. The molecular formula is C25H29N5O3S. The summed E-state index contributed by atoms with van der Waals surface area (Å²) in [5, 5.41) is 9.24. The van der Waals surface area contributed by atoms with Crippen molar-refractivity contribution in [2.24, 2.45) is 5.73 Å². The molecule has 0 saturated heterocycles. The zero-order valence-corrected chi connectivity index (χ0v) is 19.9. The highest BCUT2D eigenvalue weighted by atomic mass is 32.2. The Bertz CT molecular complexity index is 1300. The van der Waals surface area contributed by atoms with Crippen molar-refractivity contribution in [1.82, 2.24) is 14.6 Å². The quantitative estimate of drug-likeness (QED) is 0.338. The highest BCUT2D eigenvalue weighted by Gasteiger charge is 2.32.